The standard InChI is InChI=1S/C18H19Cl2N3O2S/c1-18(2,11-7-8-12(19)13(20)9-11)23-17(25)22-14-5-3-4-6-15(14)26-10-16(21)24/h3-9H,10H2,1-2H3,(H2,21,24)(H2,22,23,25). The first-order chi connectivity index (χ1) is 12.2. The van der Waals surface area contributed by atoms with Crippen molar-refractivity contribution in [1.82, 2.24) is 5.32 Å². The number of hydrogen-bond donors (Lipinski definition) is 3. The Morgan fingerprint density at radius 1 is 1.12 bits per heavy atom. The number of nitrogens with two attached hydrogens (primary N) is 1. The van der Waals surface area contributed by atoms with E-state index in [2.05, 4.69) is 10.6 Å². The monoisotopic (exact) mass is 411 g/mol. The molecule has 0 spiro atoms. The number of hydrogen-bond acceptors (Lipinski definition) is 3. The minimum absolute atomic E-state index is 0.134. The molecular weight excluding hydrogens is 393 g/mol. The van der Waals surface area contributed by atoms with E-state index in [0.29, 0.717) is 15.7 Å². The van der Waals surface area contributed by atoms with Crippen LogP contribution in [0.25, 0.3) is 0 Å². The Labute approximate surface area is 166 Å². The van der Waals surface area contributed by atoms with Crippen molar-refractivity contribution in [3.8, 4) is 0 Å². The molecule has 3 amide bonds. The normalized spacial score (nSPS) is 11.1. The molecule has 0 aromatic heterocycles. The number of nitrogens with one attached hydrogen (secondary N) is 2. The van der Waals surface area contributed by atoms with Gasteiger partial charge in [-0.2, -0.15) is 0 Å². The number of rotatable bonds is 6. The molecule has 26 heavy (non-hydrogen) atoms. The highest BCUT2D eigenvalue weighted by atomic mass is 35.5. The predicted molar refractivity (Wildman–Crippen MR) is 108 cm³/mol. The van der Waals surface area contributed by atoms with Gasteiger partial charge in [0.15, 0.2) is 0 Å². The molecule has 0 aliphatic rings. The molecule has 0 fully saturated rings. The number of thioether (sulfide) groups is 1. The van der Waals surface area contributed by atoms with Crippen LogP contribution in [0, 0.1) is 0 Å². The number of halogens is 2. The third kappa shape index (κ3) is 5.56. The van der Waals surface area contributed by atoms with Crippen LogP contribution in [0.15, 0.2) is 47.4 Å². The first-order valence-electron chi connectivity index (χ1n) is 7.74. The zero-order valence-corrected chi connectivity index (χ0v) is 16.6. The maximum atomic E-state index is 12.5. The van der Waals surface area contributed by atoms with E-state index in [0.717, 1.165) is 10.5 Å². The van der Waals surface area contributed by atoms with Gasteiger partial charge in [-0.1, -0.05) is 41.4 Å². The van der Waals surface area contributed by atoms with E-state index in [9.17, 15) is 9.59 Å². The third-order valence-corrected chi connectivity index (χ3v) is 5.41. The Bertz CT molecular complexity index is 828. The van der Waals surface area contributed by atoms with Crippen LogP contribution < -0.4 is 16.4 Å². The first kappa shape index (κ1) is 20.4. The lowest BCUT2D eigenvalue weighted by Crippen LogP contribution is -2.43. The molecule has 0 bridgehead atoms. The number of anilines is 1. The van der Waals surface area contributed by atoms with Gasteiger partial charge in [-0.05, 0) is 43.7 Å². The smallest absolute Gasteiger partial charge is 0.319 e. The van der Waals surface area contributed by atoms with E-state index in [1.807, 2.05) is 32.0 Å². The van der Waals surface area contributed by atoms with Gasteiger partial charge in [0.05, 0.1) is 27.0 Å². The lowest BCUT2D eigenvalue weighted by atomic mass is 9.94. The number of para-hydroxylation sites is 1. The number of benzene rings is 2. The van der Waals surface area contributed by atoms with Crippen molar-refractivity contribution in [2.45, 2.75) is 24.3 Å². The van der Waals surface area contributed by atoms with E-state index in [1.54, 1.807) is 24.3 Å². The number of primary amides is 1. The summed E-state index contributed by atoms with van der Waals surface area (Å²) in [6.45, 7) is 3.72. The topological polar surface area (TPSA) is 84.2 Å². The lowest BCUT2D eigenvalue weighted by molar-refractivity contribution is -0.115. The minimum Gasteiger partial charge on any atom is -0.369 e. The quantitative estimate of drug-likeness (QED) is 0.605. The fraction of sp³-hybridized carbons (Fsp3) is 0.222. The Balaban J connectivity index is 2.10. The second-order valence-corrected chi connectivity index (χ2v) is 7.92. The Kier molecular flexibility index (Phi) is 6.81. The zero-order valence-electron chi connectivity index (χ0n) is 14.3. The highest BCUT2D eigenvalue weighted by Gasteiger charge is 2.24. The molecule has 8 heteroatoms. The SMILES string of the molecule is CC(C)(NC(=O)Nc1ccccc1SCC(N)=O)c1ccc(Cl)c(Cl)c1. The summed E-state index contributed by atoms with van der Waals surface area (Å²) in [6, 6.07) is 12.0. The van der Waals surface area contributed by atoms with Crippen molar-refractivity contribution in [2.75, 3.05) is 11.1 Å². The Morgan fingerprint density at radius 2 is 1.81 bits per heavy atom. The number of carbonyl (C=O) groups excluding carboxylic acids is 2. The maximum Gasteiger partial charge on any atom is 0.319 e. The van der Waals surface area contributed by atoms with Gasteiger partial charge < -0.3 is 16.4 Å². The average molecular weight is 412 g/mol. The molecule has 0 unspecified atom stereocenters. The maximum absolute atomic E-state index is 12.5. The van der Waals surface area contributed by atoms with Gasteiger partial charge in [0, 0.05) is 4.90 Å². The molecule has 4 N–H and O–H groups in total. The van der Waals surface area contributed by atoms with Crippen LogP contribution in [0.4, 0.5) is 10.5 Å². The summed E-state index contributed by atoms with van der Waals surface area (Å²) in [6.07, 6.45) is 0. The van der Waals surface area contributed by atoms with E-state index in [1.165, 1.54) is 11.8 Å². The average Bonchev–Trinajstić information content (AvgIpc) is 2.55. The van der Waals surface area contributed by atoms with Crippen molar-refractivity contribution in [2.24, 2.45) is 5.73 Å². The van der Waals surface area contributed by atoms with Crippen LogP contribution in [0.2, 0.25) is 10.0 Å². The fourth-order valence-electron chi connectivity index (χ4n) is 2.24. The van der Waals surface area contributed by atoms with Crippen LogP contribution in [-0.4, -0.2) is 17.7 Å². The van der Waals surface area contributed by atoms with Gasteiger partial charge in [-0.25, -0.2) is 4.79 Å². The third-order valence-electron chi connectivity index (χ3n) is 3.57. The summed E-state index contributed by atoms with van der Waals surface area (Å²) >= 11 is 13.3. The molecule has 2 aromatic carbocycles. The summed E-state index contributed by atoms with van der Waals surface area (Å²) < 4.78 is 0. The Morgan fingerprint density at radius 3 is 2.46 bits per heavy atom. The van der Waals surface area contributed by atoms with Gasteiger partial charge >= 0.3 is 6.03 Å². The largest absolute Gasteiger partial charge is 0.369 e. The predicted octanol–water partition coefficient (Wildman–Crippen LogP) is 4.63. The van der Waals surface area contributed by atoms with E-state index >= 15 is 0 Å². The van der Waals surface area contributed by atoms with Crippen LogP contribution in [0.5, 0.6) is 0 Å². The molecule has 0 saturated carbocycles. The van der Waals surface area contributed by atoms with Crippen molar-refractivity contribution in [3.63, 3.8) is 0 Å². The summed E-state index contributed by atoms with van der Waals surface area (Å²) in [5, 5.41) is 6.59. The van der Waals surface area contributed by atoms with Crippen molar-refractivity contribution >= 4 is 52.6 Å². The minimum atomic E-state index is -0.673. The van der Waals surface area contributed by atoms with Crippen LogP contribution in [0.3, 0.4) is 0 Å². The highest BCUT2D eigenvalue weighted by molar-refractivity contribution is 8.00. The molecule has 138 valence electrons. The second-order valence-electron chi connectivity index (χ2n) is 6.08. The molecule has 0 radical (unpaired) electrons. The van der Waals surface area contributed by atoms with Gasteiger partial charge in [0.25, 0.3) is 0 Å². The van der Waals surface area contributed by atoms with Crippen LogP contribution in [0.1, 0.15) is 19.4 Å². The lowest BCUT2D eigenvalue weighted by Gasteiger charge is -2.27. The molecule has 5 nitrogen and oxygen atoms in total. The molecule has 0 saturated heterocycles. The molecular formula is C18H19Cl2N3O2S. The van der Waals surface area contributed by atoms with E-state index in [4.69, 9.17) is 28.9 Å². The van der Waals surface area contributed by atoms with Gasteiger partial charge in [0.1, 0.15) is 0 Å². The van der Waals surface area contributed by atoms with Crippen LogP contribution >= 0.6 is 35.0 Å². The zero-order chi connectivity index (χ0) is 19.3. The van der Waals surface area contributed by atoms with Gasteiger partial charge in [-0.15, -0.1) is 11.8 Å². The summed E-state index contributed by atoms with van der Waals surface area (Å²) in [7, 11) is 0. The van der Waals surface area contributed by atoms with Crippen LogP contribution in [-0.2, 0) is 10.3 Å². The molecule has 2 aromatic rings. The molecule has 0 atom stereocenters. The van der Waals surface area contributed by atoms with Crippen molar-refractivity contribution < 1.29 is 9.59 Å². The van der Waals surface area contributed by atoms with E-state index < -0.39 is 11.4 Å². The highest BCUT2D eigenvalue weighted by Crippen LogP contribution is 2.29. The first-order valence-corrected chi connectivity index (χ1v) is 9.48. The summed E-state index contributed by atoms with van der Waals surface area (Å²) in [5.41, 5.74) is 5.93. The number of urea groups is 1. The number of amides is 3. The second kappa shape index (κ2) is 8.66. The fourth-order valence-corrected chi connectivity index (χ4v) is 3.28. The van der Waals surface area contributed by atoms with E-state index in [-0.39, 0.29) is 11.8 Å². The molecule has 0 aliphatic carbocycles. The number of carbonyl (C=O) groups is 2. The van der Waals surface area contributed by atoms with Gasteiger partial charge in [0.2, 0.25) is 5.91 Å². The summed E-state index contributed by atoms with van der Waals surface area (Å²) in [5.74, 6) is -0.287. The summed E-state index contributed by atoms with van der Waals surface area (Å²) in [4.78, 5) is 24.2. The van der Waals surface area contributed by atoms with Crippen molar-refractivity contribution in [3.05, 3.63) is 58.1 Å². The van der Waals surface area contributed by atoms with Crippen molar-refractivity contribution in [1.29, 1.82) is 0 Å². The molecule has 2 rings (SSSR count). The Hall–Kier alpha value is -1.89. The van der Waals surface area contributed by atoms with Gasteiger partial charge in [-0.3, -0.25) is 4.79 Å². The molecule has 0 aliphatic heterocycles. The molecule has 0 heterocycles.